The fourth-order valence-corrected chi connectivity index (χ4v) is 3.78. The third-order valence-corrected chi connectivity index (χ3v) is 5.37. The summed E-state index contributed by atoms with van der Waals surface area (Å²) in [5, 5.41) is 3.54. The molecule has 5 heteroatoms. The molecule has 26 heavy (non-hydrogen) atoms. The Kier molecular flexibility index (Phi) is 6.86. The van der Waals surface area contributed by atoms with Gasteiger partial charge in [0.2, 0.25) is 0 Å². The highest BCUT2D eigenvalue weighted by molar-refractivity contribution is 6.17. The molecule has 1 aliphatic heterocycles. The van der Waals surface area contributed by atoms with Crippen molar-refractivity contribution in [1.29, 1.82) is 0 Å². The number of hydrogen-bond donors (Lipinski definition) is 1. The number of likely N-dealkylation sites (tertiary alicyclic amines) is 1. The van der Waals surface area contributed by atoms with Crippen LogP contribution >= 0.6 is 11.6 Å². The third kappa shape index (κ3) is 5.18. The molecule has 0 bridgehead atoms. The Hall–Kier alpha value is -1.65. The molecule has 0 aromatic heterocycles. The summed E-state index contributed by atoms with van der Waals surface area (Å²) in [7, 11) is 0. The van der Waals surface area contributed by atoms with E-state index in [2.05, 4.69) is 10.2 Å². The van der Waals surface area contributed by atoms with Crippen LogP contribution in [0.1, 0.15) is 30.9 Å². The minimum atomic E-state index is -0.249. The van der Waals surface area contributed by atoms with Gasteiger partial charge in [-0.15, -0.1) is 11.6 Å². The largest absolute Gasteiger partial charge is 0.378 e. The van der Waals surface area contributed by atoms with Crippen molar-refractivity contribution in [2.75, 3.05) is 30.8 Å². The molecule has 2 aromatic carbocycles. The lowest BCUT2D eigenvalue weighted by molar-refractivity contribution is 0.173. The van der Waals surface area contributed by atoms with E-state index < -0.39 is 0 Å². The summed E-state index contributed by atoms with van der Waals surface area (Å²) >= 11 is 5.80. The average Bonchev–Trinajstić information content (AvgIpc) is 2.67. The van der Waals surface area contributed by atoms with E-state index in [1.807, 2.05) is 12.1 Å². The third-order valence-electron chi connectivity index (χ3n) is 5.11. The number of nitrogens with one attached hydrogen (secondary N) is 1. The lowest BCUT2D eigenvalue weighted by atomic mass is 9.85. The van der Waals surface area contributed by atoms with E-state index in [-0.39, 0.29) is 17.7 Å². The van der Waals surface area contributed by atoms with Gasteiger partial charge >= 0.3 is 0 Å². The van der Waals surface area contributed by atoms with Gasteiger partial charge in [-0.1, -0.05) is 12.1 Å². The highest BCUT2D eigenvalue weighted by atomic mass is 35.5. The monoisotopic (exact) mass is 378 g/mol. The first-order chi connectivity index (χ1) is 12.7. The Morgan fingerprint density at radius 3 is 2.12 bits per heavy atom. The van der Waals surface area contributed by atoms with Gasteiger partial charge in [0, 0.05) is 11.6 Å². The summed E-state index contributed by atoms with van der Waals surface area (Å²) in [6.07, 6.45) is 3.15. The van der Waals surface area contributed by atoms with E-state index in [4.69, 9.17) is 11.6 Å². The molecule has 1 aliphatic rings. The predicted molar refractivity (Wildman–Crippen MR) is 104 cm³/mol. The average molecular weight is 379 g/mol. The first kappa shape index (κ1) is 19.1. The molecule has 1 N–H and O–H groups in total. The first-order valence-electron chi connectivity index (χ1n) is 9.21. The molecular formula is C21H25ClF2N2. The van der Waals surface area contributed by atoms with Crippen LogP contribution in [0.3, 0.4) is 0 Å². The molecule has 1 atom stereocenters. The second-order valence-corrected chi connectivity index (χ2v) is 7.28. The molecule has 1 saturated heterocycles. The van der Waals surface area contributed by atoms with Gasteiger partial charge in [0.05, 0.1) is 6.04 Å². The highest BCUT2D eigenvalue weighted by Gasteiger charge is 2.27. The Labute approximate surface area is 159 Å². The molecule has 0 radical (unpaired) electrons. The van der Waals surface area contributed by atoms with Gasteiger partial charge in [-0.25, -0.2) is 8.78 Å². The van der Waals surface area contributed by atoms with Gasteiger partial charge < -0.3 is 10.2 Å². The zero-order chi connectivity index (χ0) is 18.4. The first-order valence-corrected chi connectivity index (χ1v) is 9.75. The van der Waals surface area contributed by atoms with Crippen LogP contribution in [0.2, 0.25) is 0 Å². The van der Waals surface area contributed by atoms with Crippen LogP contribution in [0.4, 0.5) is 14.5 Å². The van der Waals surface area contributed by atoms with Crippen molar-refractivity contribution in [3.05, 3.63) is 65.7 Å². The van der Waals surface area contributed by atoms with Crippen molar-refractivity contribution >= 4 is 17.3 Å². The molecule has 0 saturated carbocycles. The van der Waals surface area contributed by atoms with E-state index >= 15 is 0 Å². The molecule has 1 unspecified atom stereocenters. The molecule has 1 heterocycles. The summed E-state index contributed by atoms with van der Waals surface area (Å²) in [6, 6.07) is 13.2. The van der Waals surface area contributed by atoms with Crippen LogP contribution in [0.5, 0.6) is 0 Å². The predicted octanol–water partition coefficient (Wildman–Crippen LogP) is 5.46. The van der Waals surface area contributed by atoms with Crippen LogP contribution in [-0.4, -0.2) is 30.4 Å². The number of anilines is 1. The lowest BCUT2D eigenvalue weighted by Crippen LogP contribution is -2.37. The molecule has 0 spiro atoms. The van der Waals surface area contributed by atoms with Crippen LogP contribution in [0.25, 0.3) is 0 Å². The lowest BCUT2D eigenvalue weighted by Gasteiger charge is -2.37. The van der Waals surface area contributed by atoms with Crippen LogP contribution in [0, 0.1) is 17.6 Å². The minimum absolute atomic E-state index is 0.0799. The second-order valence-electron chi connectivity index (χ2n) is 6.90. The Morgan fingerprint density at radius 1 is 0.962 bits per heavy atom. The fraction of sp³-hybridized carbons (Fsp3) is 0.429. The van der Waals surface area contributed by atoms with E-state index in [9.17, 15) is 8.78 Å². The van der Waals surface area contributed by atoms with Crippen molar-refractivity contribution in [2.24, 2.45) is 5.92 Å². The summed E-state index contributed by atoms with van der Waals surface area (Å²) < 4.78 is 26.6. The number of hydrogen-bond acceptors (Lipinski definition) is 2. The number of rotatable bonds is 7. The minimum Gasteiger partial charge on any atom is -0.378 e. The van der Waals surface area contributed by atoms with Crippen molar-refractivity contribution in [3.8, 4) is 0 Å². The zero-order valence-electron chi connectivity index (χ0n) is 14.8. The number of alkyl halides is 1. The van der Waals surface area contributed by atoms with E-state index in [0.29, 0.717) is 11.8 Å². The Balaban J connectivity index is 1.73. The Bertz CT molecular complexity index is 667. The van der Waals surface area contributed by atoms with E-state index in [0.717, 1.165) is 50.1 Å². The van der Waals surface area contributed by atoms with E-state index in [1.165, 1.54) is 24.3 Å². The number of halogens is 3. The van der Waals surface area contributed by atoms with Crippen LogP contribution < -0.4 is 5.32 Å². The zero-order valence-corrected chi connectivity index (χ0v) is 15.6. The molecule has 3 rings (SSSR count). The quantitative estimate of drug-likeness (QED) is 0.643. The summed E-state index contributed by atoms with van der Waals surface area (Å²) in [5.41, 5.74) is 1.94. The van der Waals surface area contributed by atoms with Crippen molar-refractivity contribution in [1.82, 2.24) is 4.90 Å². The van der Waals surface area contributed by atoms with E-state index in [1.54, 1.807) is 12.1 Å². The standard InChI is InChI=1S/C21H25ClF2N2/c22-12-1-13-26-14-10-17(11-15-26)21(16-2-4-18(23)5-3-16)25-20-8-6-19(24)7-9-20/h2-9,17,21,25H,1,10-15H2. The van der Waals surface area contributed by atoms with Gasteiger partial charge in [-0.3, -0.25) is 0 Å². The molecule has 1 fully saturated rings. The van der Waals surface area contributed by atoms with Gasteiger partial charge in [0.15, 0.2) is 0 Å². The Morgan fingerprint density at radius 2 is 1.54 bits per heavy atom. The molecule has 0 amide bonds. The maximum absolute atomic E-state index is 13.4. The van der Waals surface area contributed by atoms with Gasteiger partial charge in [-0.2, -0.15) is 0 Å². The molecule has 140 valence electrons. The van der Waals surface area contributed by atoms with Crippen molar-refractivity contribution in [3.63, 3.8) is 0 Å². The maximum Gasteiger partial charge on any atom is 0.123 e. The highest BCUT2D eigenvalue weighted by Crippen LogP contribution is 2.34. The summed E-state index contributed by atoms with van der Waals surface area (Å²) in [4.78, 5) is 2.46. The molecule has 0 aliphatic carbocycles. The SMILES string of the molecule is Fc1ccc(NC(c2ccc(F)cc2)C2CCN(CCCCl)CC2)cc1. The number of piperidine rings is 1. The number of nitrogens with zero attached hydrogens (tertiary/aromatic N) is 1. The van der Waals surface area contributed by atoms with Gasteiger partial charge in [0.25, 0.3) is 0 Å². The van der Waals surface area contributed by atoms with Crippen molar-refractivity contribution in [2.45, 2.75) is 25.3 Å². The number of benzene rings is 2. The van der Waals surface area contributed by atoms with Crippen LogP contribution in [-0.2, 0) is 0 Å². The maximum atomic E-state index is 13.4. The molecular weight excluding hydrogens is 354 g/mol. The molecule has 2 nitrogen and oxygen atoms in total. The topological polar surface area (TPSA) is 15.3 Å². The van der Waals surface area contributed by atoms with Gasteiger partial charge in [0.1, 0.15) is 11.6 Å². The smallest absolute Gasteiger partial charge is 0.123 e. The second kappa shape index (κ2) is 9.33. The fourth-order valence-electron chi connectivity index (χ4n) is 3.66. The normalized spacial score (nSPS) is 17.2. The van der Waals surface area contributed by atoms with Crippen LogP contribution in [0.15, 0.2) is 48.5 Å². The molecule has 2 aromatic rings. The summed E-state index contributed by atoms with van der Waals surface area (Å²) in [6.45, 7) is 3.14. The summed E-state index contributed by atoms with van der Waals surface area (Å²) in [5.74, 6) is 0.661. The van der Waals surface area contributed by atoms with Gasteiger partial charge in [-0.05, 0) is 86.8 Å². The van der Waals surface area contributed by atoms with Crippen molar-refractivity contribution < 1.29 is 8.78 Å².